The molecular formula is C22H26F3N5O3S. The van der Waals surface area contributed by atoms with E-state index in [0.29, 0.717) is 55.5 Å². The maximum absolute atomic E-state index is 13.4. The number of rotatable bonds is 6. The minimum absolute atomic E-state index is 0.0660. The highest BCUT2D eigenvalue weighted by Gasteiger charge is 2.44. The van der Waals surface area contributed by atoms with Crippen LogP contribution in [0, 0.1) is 5.92 Å². The number of nitrogens with zero attached hydrogens (tertiary/aromatic N) is 5. The van der Waals surface area contributed by atoms with Crippen LogP contribution in [0.15, 0.2) is 41.8 Å². The van der Waals surface area contributed by atoms with Gasteiger partial charge in [-0.3, -0.25) is 0 Å². The van der Waals surface area contributed by atoms with Crippen LogP contribution in [0.2, 0.25) is 0 Å². The lowest BCUT2D eigenvalue weighted by Crippen LogP contribution is -2.46. The molecule has 1 saturated heterocycles. The molecule has 1 aliphatic heterocycles. The number of alkyl halides is 3. The molecule has 0 spiro atoms. The zero-order valence-corrected chi connectivity index (χ0v) is 19.6. The van der Waals surface area contributed by atoms with Crippen molar-refractivity contribution in [3.05, 3.63) is 42.5 Å². The van der Waals surface area contributed by atoms with Crippen molar-refractivity contribution in [3.8, 4) is 0 Å². The summed E-state index contributed by atoms with van der Waals surface area (Å²) in [6, 6.07) is 3.94. The van der Waals surface area contributed by atoms with Crippen LogP contribution in [0.3, 0.4) is 0 Å². The Morgan fingerprint density at radius 2 is 1.82 bits per heavy atom. The molecule has 1 aliphatic rings. The first-order valence-electron chi connectivity index (χ1n) is 10.9. The lowest BCUT2D eigenvalue weighted by molar-refractivity contribution is -0.137. The summed E-state index contributed by atoms with van der Waals surface area (Å²) in [6.07, 6.45) is -0.569. The van der Waals surface area contributed by atoms with Gasteiger partial charge in [0, 0.05) is 19.6 Å². The maximum atomic E-state index is 13.4. The molecule has 0 radical (unpaired) electrons. The van der Waals surface area contributed by atoms with E-state index >= 15 is 0 Å². The third kappa shape index (κ3) is 4.24. The molecule has 0 amide bonds. The second kappa shape index (κ2) is 8.81. The molecule has 8 nitrogen and oxygen atoms in total. The smallest absolute Gasteiger partial charge is 0.395 e. The Kier molecular flexibility index (Phi) is 6.32. The average molecular weight is 498 g/mol. The van der Waals surface area contributed by atoms with Gasteiger partial charge in [0.25, 0.3) is 0 Å². The molecule has 4 rings (SSSR count). The highest BCUT2D eigenvalue weighted by Crippen LogP contribution is 2.40. The molecule has 184 valence electrons. The molecule has 0 bridgehead atoms. The summed E-state index contributed by atoms with van der Waals surface area (Å²) < 4.78 is 66.8. The van der Waals surface area contributed by atoms with Crippen LogP contribution in [0.4, 0.5) is 19.0 Å². The zero-order chi connectivity index (χ0) is 24.7. The number of aromatic nitrogens is 4. The molecule has 1 aromatic carbocycles. The standard InChI is InChI=1S/C22H26F3N5O3S/c1-21(2,34(32,33)17-5-3-4-16(12-17)22(23,24)25)15-6-8-29(9-7-15)20-18-19(26-13-27-20)28-14-30(18)10-11-31/h3-5,12-15,31H,6-11H2,1-2H3. The first kappa shape index (κ1) is 24.4. The van der Waals surface area contributed by atoms with Gasteiger partial charge in [-0.25, -0.2) is 23.4 Å². The molecule has 34 heavy (non-hydrogen) atoms. The Balaban J connectivity index is 1.56. The van der Waals surface area contributed by atoms with Crippen molar-refractivity contribution in [2.75, 3.05) is 24.6 Å². The number of sulfone groups is 1. The van der Waals surface area contributed by atoms with Crippen molar-refractivity contribution in [1.29, 1.82) is 0 Å². The first-order valence-corrected chi connectivity index (χ1v) is 12.4. The van der Waals surface area contributed by atoms with E-state index in [0.717, 1.165) is 12.1 Å². The molecule has 0 atom stereocenters. The number of hydrogen-bond acceptors (Lipinski definition) is 7. The fourth-order valence-electron chi connectivity index (χ4n) is 4.55. The SMILES string of the molecule is CC(C)(C1CCN(c2ncnc3ncn(CCO)c23)CC1)S(=O)(=O)c1cccc(C(F)(F)F)c1. The van der Waals surface area contributed by atoms with Crippen LogP contribution < -0.4 is 4.90 Å². The van der Waals surface area contributed by atoms with E-state index in [1.54, 1.807) is 24.7 Å². The van der Waals surface area contributed by atoms with Gasteiger partial charge in [0.15, 0.2) is 21.3 Å². The van der Waals surface area contributed by atoms with Gasteiger partial charge >= 0.3 is 6.18 Å². The minimum atomic E-state index is -4.62. The third-order valence-corrected chi connectivity index (χ3v) is 9.27. The van der Waals surface area contributed by atoms with E-state index in [1.165, 1.54) is 12.4 Å². The average Bonchev–Trinajstić information content (AvgIpc) is 3.22. The summed E-state index contributed by atoms with van der Waals surface area (Å²) in [7, 11) is -4.03. The van der Waals surface area contributed by atoms with E-state index < -0.39 is 26.3 Å². The lowest BCUT2D eigenvalue weighted by Gasteiger charge is -2.40. The largest absolute Gasteiger partial charge is 0.416 e. The Morgan fingerprint density at radius 3 is 2.47 bits per heavy atom. The van der Waals surface area contributed by atoms with E-state index in [-0.39, 0.29) is 17.4 Å². The van der Waals surface area contributed by atoms with Crippen LogP contribution in [-0.4, -0.2) is 57.5 Å². The summed E-state index contributed by atoms with van der Waals surface area (Å²) in [5.74, 6) is 0.399. The first-order chi connectivity index (χ1) is 16.0. The molecule has 12 heteroatoms. The summed E-state index contributed by atoms with van der Waals surface area (Å²) in [4.78, 5) is 14.5. The van der Waals surface area contributed by atoms with E-state index in [1.807, 2.05) is 4.90 Å². The summed E-state index contributed by atoms with van der Waals surface area (Å²) in [6.45, 7) is 4.48. The minimum Gasteiger partial charge on any atom is -0.395 e. The molecule has 3 heterocycles. The Hall–Kier alpha value is -2.73. The number of piperidine rings is 1. The maximum Gasteiger partial charge on any atom is 0.416 e. The molecule has 2 aromatic heterocycles. The zero-order valence-electron chi connectivity index (χ0n) is 18.8. The molecule has 0 unspecified atom stereocenters. The fraction of sp³-hybridized carbons (Fsp3) is 0.500. The number of hydrogen-bond donors (Lipinski definition) is 1. The Bertz CT molecular complexity index is 1280. The number of aliphatic hydroxyl groups is 1. The van der Waals surface area contributed by atoms with E-state index in [4.69, 9.17) is 0 Å². The molecule has 1 fully saturated rings. The molecule has 0 aliphatic carbocycles. The predicted octanol–water partition coefficient (Wildman–Crippen LogP) is 3.31. The molecule has 0 saturated carbocycles. The second-order valence-electron chi connectivity index (χ2n) is 8.92. The third-order valence-electron chi connectivity index (χ3n) is 6.67. The number of anilines is 1. The van der Waals surface area contributed by atoms with Crippen LogP contribution >= 0.6 is 0 Å². The van der Waals surface area contributed by atoms with Gasteiger partial charge in [-0.05, 0) is 50.8 Å². The number of fused-ring (bicyclic) bond motifs is 1. The van der Waals surface area contributed by atoms with Gasteiger partial charge in [0.2, 0.25) is 0 Å². The Morgan fingerprint density at radius 1 is 1.12 bits per heavy atom. The lowest BCUT2D eigenvalue weighted by atomic mass is 9.86. The molecule has 1 N–H and O–H groups in total. The van der Waals surface area contributed by atoms with Crippen molar-refractivity contribution in [1.82, 2.24) is 19.5 Å². The van der Waals surface area contributed by atoms with Crippen LogP contribution in [-0.2, 0) is 22.6 Å². The van der Waals surface area contributed by atoms with Gasteiger partial charge in [0.05, 0.1) is 28.1 Å². The number of halogens is 3. The fourth-order valence-corrected chi connectivity index (χ4v) is 6.37. The van der Waals surface area contributed by atoms with E-state index in [9.17, 15) is 26.7 Å². The van der Waals surface area contributed by atoms with Gasteiger partial charge in [0.1, 0.15) is 11.8 Å². The summed E-state index contributed by atoms with van der Waals surface area (Å²) in [5, 5.41) is 9.33. The van der Waals surface area contributed by atoms with Crippen molar-refractivity contribution in [2.45, 2.75) is 49.1 Å². The number of imidazole rings is 1. The van der Waals surface area contributed by atoms with Gasteiger partial charge < -0.3 is 14.6 Å². The van der Waals surface area contributed by atoms with Crippen LogP contribution in [0.25, 0.3) is 11.2 Å². The van der Waals surface area contributed by atoms with Crippen molar-refractivity contribution in [3.63, 3.8) is 0 Å². The van der Waals surface area contributed by atoms with Crippen LogP contribution in [0.1, 0.15) is 32.3 Å². The topological polar surface area (TPSA) is 101 Å². The van der Waals surface area contributed by atoms with Crippen molar-refractivity contribution < 1.29 is 26.7 Å². The number of aliphatic hydroxyl groups excluding tert-OH is 1. The van der Waals surface area contributed by atoms with E-state index in [2.05, 4.69) is 15.0 Å². The summed E-state index contributed by atoms with van der Waals surface area (Å²) in [5.41, 5.74) is 0.227. The number of benzene rings is 1. The van der Waals surface area contributed by atoms with Gasteiger partial charge in [-0.15, -0.1) is 0 Å². The highest BCUT2D eigenvalue weighted by molar-refractivity contribution is 7.92. The normalized spacial score (nSPS) is 16.4. The quantitative estimate of drug-likeness (QED) is 0.558. The Labute approximate surface area is 195 Å². The predicted molar refractivity (Wildman–Crippen MR) is 120 cm³/mol. The monoisotopic (exact) mass is 497 g/mol. The molecular weight excluding hydrogens is 471 g/mol. The van der Waals surface area contributed by atoms with Crippen LogP contribution in [0.5, 0.6) is 0 Å². The second-order valence-corrected chi connectivity index (χ2v) is 11.5. The summed E-state index contributed by atoms with van der Waals surface area (Å²) >= 11 is 0. The van der Waals surface area contributed by atoms with Crippen molar-refractivity contribution >= 4 is 26.8 Å². The highest BCUT2D eigenvalue weighted by atomic mass is 32.2. The van der Waals surface area contributed by atoms with Gasteiger partial charge in [-0.2, -0.15) is 13.2 Å². The molecule has 3 aromatic rings. The van der Waals surface area contributed by atoms with Gasteiger partial charge in [-0.1, -0.05) is 6.07 Å². The van der Waals surface area contributed by atoms with Crippen molar-refractivity contribution in [2.24, 2.45) is 5.92 Å².